The fraction of sp³-hybridized carbons (Fsp3) is 0.933. The third-order valence-electron chi connectivity index (χ3n) is 4.92. The molecule has 7 heteroatoms. The molecule has 0 bridgehead atoms. The number of hydrogen-bond donors (Lipinski definition) is 5. The van der Waals surface area contributed by atoms with Gasteiger partial charge < -0.3 is 21.1 Å². The quantitative estimate of drug-likeness (QED) is 0.253. The van der Waals surface area contributed by atoms with E-state index >= 15 is 0 Å². The molecule has 5 N–H and O–H groups in total. The van der Waals surface area contributed by atoms with Crippen molar-refractivity contribution in [2.75, 3.05) is 18.8 Å². The summed E-state index contributed by atoms with van der Waals surface area (Å²) in [6.07, 6.45) is 6.13. The number of carbonyl (C=O) groups excluding carboxylic acids is 1. The largest absolute Gasteiger partial charge is 0.379 e. The predicted octanol–water partition coefficient (Wildman–Crippen LogP) is 0.372. The minimum absolute atomic E-state index is 0.0135. The van der Waals surface area contributed by atoms with Crippen LogP contribution in [0.15, 0.2) is 0 Å². The van der Waals surface area contributed by atoms with Crippen molar-refractivity contribution in [2.24, 2.45) is 0 Å². The van der Waals surface area contributed by atoms with Crippen LogP contribution >= 0.6 is 11.8 Å². The van der Waals surface area contributed by atoms with Gasteiger partial charge in [-0.1, -0.05) is 6.42 Å². The van der Waals surface area contributed by atoms with E-state index in [4.69, 9.17) is 0 Å². The summed E-state index contributed by atoms with van der Waals surface area (Å²) in [5.41, 5.74) is 0. The van der Waals surface area contributed by atoms with E-state index in [0.29, 0.717) is 23.4 Å². The van der Waals surface area contributed by atoms with Crippen LogP contribution in [0.25, 0.3) is 0 Å². The zero-order valence-corrected chi connectivity index (χ0v) is 13.8. The number of fused-ring (bicyclic) bond motifs is 1. The third-order valence-corrected chi connectivity index (χ3v) is 6.43. The maximum atomic E-state index is 11.3. The molecule has 0 aromatic rings. The lowest BCUT2D eigenvalue weighted by Gasteiger charge is -2.18. The molecule has 0 aromatic heterocycles. The lowest BCUT2D eigenvalue weighted by Crippen LogP contribution is -2.39. The van der Waals surface area contributed by atoms with Crippen LogP contribution in [0.3, 0.4) is 0 Å². The van der Waals surface area contributed by atoms with Gasteiger partial charge in [0.25, 0.3) is 0 Å². The van der Waals surface area contributed by atoms with Crippen molar-refractivity contribution in [1.29, 1.82) is 0 Å². The zero-order valence-electron chi connectivity index (χ0n) is 13.0. The summed E-state index contributed by atoms with van der Waals surface area (Å²) < 4.78 is 0. The molecule has 3 fully saturated rings. The Bertz CT molecular complexity index is 379. The molecule has 2 unspecified atom stereocenters. The number of aliphatic hydroxyl groups is 1. The first-order valence-corrected chi connectivity index (χ1v) is 9.61. The third kappa shape index (κ3) is 4.28. The van der Waals surface area contributed by atoms with Gasteiger partial charge >= 0.3 is 6.03 Å². The topological polar surface area (TPSA) is 85.4 Å². The second-order valence-corrected chi connectivity index (χ2v) is 7.90. The molecule has 3 aliphatic rings. The number of hydrogen-bond acceptors (Lipinski definition) is 5. The van der Waals surface area contributed by atoms with Crippen LogP contribution in [0.4, 0.5) is 4.79 Å². The van der Waals surface area contributed by atoms with Crippen LogP contribution in [-0.2, 0) is 0 Å². The Balaban J connectivity index is 1.25. The molecule has 0 aliphatic carbocycles. The summed E-state index contributed by atoms with van der Waals surface area (Å²) in [7, 11) is 0. The maximum Gasteiger partial charge on any atom is 0.315 e. The Morgan fingerprint density at radius 1 is 1.36 bits per heavy atom. The summed E-state index contributed by atoms with van der Waals surface area (Å²) in [6.45, 7) is 1.97. The van der Waals surface area contributed by atoms with Crippen molar-refractivity contribution in [3.8, 4) is 0 Å². The Morgan fingerprint density at radius 3 is 3.09 bits per heavy atom. The molecule has 0 spiro atoms. The maximum absolute atomic E-state index is 11.3. The van der Waals surface area contributed by atoms with Gasteiger partial charge in [0.15, 0.2) is 0 Å². The highest BCUT2D eigenvalue weighted by molar-refractivity contribution is 8.00. The highest BCUT2D eigenvalue weighted by Crippen LogP contribution is 2.33. The molecule has 126 valence electrons. The van der Waals surface area contributed by atoms with Gasteiger partial charge in [0.2, 0.25) is 0 Å². The lowest BCUT2D eigenvalue weighted by molar-refractivity contribution is 0.121. The fourth-order valence-corrected chi connectivity index (χ4v) is 5.18. The van der Waals surface area contributed by atoms with E-state index < -0.39 is 0 Å². The molecular formula is C15H28N4O2S. The van der Waals surface area contributed by atoms with E-state index in [1.807, 2.05) is 11.8 Å². The van der Waals surface area contributed by atoms with E-state index in [1.165, 1.54) is 12.8 Å². The molecule has 6 nitrogen and oxygen atoms in total. The first-order valence-electron chi connectivity index (χ1n) is 8.56. The van der Waals surface area contributed by atoms with Crippen LogP contribution in [0.1, 0.15) is 38.5 Å². The summed E-state index contributed by atoms with van der Waals surface area (Å²) in [5, 5.41) is 23.1. The van der Waals surface area contributed by atoms with Gasteiger partial charge in [-0.15, -0.1) is 0 Å². The summed E-state index contributed by atoms with van der Waals surface area (Å²) >= 11 is 1.96. The van der Waals surface area contributed by atoms with Crippen LogP contribution in [-0.4, -0.2) is 59.6 Å². The molecule has 2 amide bonds. The first-order chi connectivity index (χ1) is 10.7. The van der Waals surface area contributed by atoms with Gasteiger partial charge in [-0.3, -0.25) is 5.32 Å². The van der Waals surface area contributed by atoms with Crippen molar-refractivity contribution >= 4 is 17.8 Å². The minimum atomic E-state index is -0.390. The number of unbranched alkanes of at least 4 members (excludes halogenated alkanes) is 1. The average molecular weight is 328 g/mol. The van der Waals surface area contributed by atoms with Crippen molar-refractivity contribution in [2.45, 2.75) is 68.1 Å². The molecule has 5 atom stereocenters. The number of thioether (sulfide) groups is 1. The number of nitrogens with one attached hydrogen (secondary N) is 4. The highest BCUT2D eigenvalue weighted by atomic mass is 32.2. The van der Waals surface area contributed by atoms with Gasteiger partial charge in [-0.05, 0) is 38.6 Å². The zero-order chi connectivity index (χ0) is 15.4. The molecule has 3 aliphatic heterocycles. The Morgan fingerprint density at radius 2 is 2.27 bits per heavy atom. The normalized spacial score (nSPS) is 35.2. The van der Waals surface area contributed by atoms with E-state index in [2.05, 4.69) is 21.3 Å². The molecule has 3 heterocycles. The molecule has 3 saturated heterocycles. The van der Waals surface area contributed by atoms with E-state index in [0.717, 1.165) is 44.5 Å². The Kier molecular flexibility index (Phi) is 5.84. The number of rotatable bonds is 8. The van der Waals surface area contributed by atoms with E-state index in [1.54, 1.807) is 0 Å². The SMILES string of the molecule is O=C1N[C@H]2CSC(CCCCC(O)NC[C@@H]3CCCN3)[C@H]2N1. The molecule has 3 rings (SSSR count). The molecular weight excluding hydrogens is 300 g/mol. The summed E-state index contributed by atoms with van der Waals surface area (Å²) in [4.78, 5) is 11.3. The van der Waals surface area contributed by atoms with Crippen LogP contribution in [0, 0.1) is 0 Å². The minimum Gasteiger partial charge on any atom is -0.379 e. The van der Waals surface area contributed by atoms with Crippen molar-refractivity contribution in [3.63, 3.8) is 0 Å². The van der Waals surface area contributed by atoms with Gasteiger partial charge in [-0.25, -0.2) is 4.79 Å². The Hall–Kier alpha value is -0.500. The standard InChI is InChI=1S/C15H28N4O2S/c20-13(17-8-10-4-3-7-16-10)6-2-1-5-12-14-11(9-22-12)18-15(21)19-14/h10-14,16-17,20H,1-9H2,(H2,18,19,21)/t10-,11-,12?,13?,14-/m0/s1. The number of carbonyl (C=O) groups is 1. The first kappa shape index (κ1) is 16.4. The molecule has 22 heavy (non-hydrogen) atoms. The van der Waals surface area contributed by atoms with E-state index in [-0.39, 0.29) is 12.3 Å². The van der Waals surface area contributed by atoms with Gasteiger partial charge in [0, 0.05) is 23.6 Å². The molecule has 0 aromatic carbocycles. The second kappa shape index (κ2) is 7.86. The fourth-order valence-electron chi connectivity index (χ4n) is 3.64. The predicted molar refractivity (Wildman–Crippen MR) is 89.0 cm³/mol. The second-order valence-electron chi connectivity index (χ2n) is 6.62. The van der Waals surface area contributed by atoms with Crippen LogP contribution in [0.2, 0.25) is 0 Å². The number of amides is 2. The van der Waals surface area contributed by atoms with E-state index in [9.17, 15) is 9.90 Å². The van der Waals surface area contributed by atoms with Crippen LogP contribution in [0.5, 0.6) is 0 Å². The van der Waals surface area contributed by atoms with Gasteiger partial charge in [0.05, 0.1) is 12.1 Å². The number of aliphatic hydroxyl groups excluding tert-OH is 1. The number of urea groups is 1. The van der Waals surface area contributed by atoms with Gasteiger partial charge in [0.1, 0.15) is 6.23 Å². The average Bonchev–Trinajstić information content (AvgIpc) is 3.19. The van der Waals surface area contributed by atoms with Crippen molar-refractivity contribution in [3.05, 3.63) is 0 Å². The van der Waals surface area contributed by atoms with Crippen LogP contribution < -0.4 is 21.3 Å². The Labute approximate surface area is 136 Å². The highest BCUT2D eigenvalue weighted by Gasteiger charge is 2.42. The van der Waals surface area contributed by atoms with Crippen molar-refractivity contribution < 1.29 is 9.90 Å². The molecule has 0 radical (unpaired) electrons. The van der Waals surface area contributed by atoms with Crippen molar-refractivity contribution in [1.82, 2.24) is 21.3 Å². The monoisotopic (exact) mass is 328 g/mol. The summed E-state index contributed by atoms with van der Waals surface area (Å²) in [6, 6.07) is 1.13. The lowest BCUT2D eigenvalue weighted by atomic mass is 10.0. The van der Waals surface area contributed by atoms with Gasteiger partial charge in [-0.2, -0.15) is 11.8 Å². The summed E-state index contributed by atoms with van der Waals surface area (Å²) in [5.74, 6) is 1.02. The molecule has 0 saturated carbocycles. The smallest absolute Gasteiger partial charge is 0.315 e.